The molecule has 1 aromatic carbocycles. The minimum atomic E-state index is -1.11. The van der Waals surface area contributed by atoms with Gasteiger partial charge in [-0.15, -0.1) is 5.10 Å². The van der Waals surface area contributed by atoms with Crippen molar-refractivity contribution in [3.05, 3.63) is 40.7 Å². The molecule has 0 spiro atoms. The average molecular weight is 358 g/mol. The summed E-state index contributed by atoms with van der Waals surface area (Å²) in [5.74, 6) is -0.874. The number of nitrogens with zero attached hydrogens (tertiary/aromatic N) is 4. The van der Waals surface area contributed by atoms with Gasteiger partial charge in [-0.1, -0.05) is 17.3 Å². The smallest absolute Gasteiger partial charge is 0.522 e. The fourth-order valence-corrected chi connectivity index (χ4v) is 2.84. The number of carbonyl (C=O) groups is 1. The van der Waals surface area contributed by atoms with Crippen LogP contribution in [-0.4, -0.2) is 50.7 Å². The van der Waals surface area contributed by atoms with Crippen molar-refractivity contribution in [1.29, 1.82) is 0 Å². The quantitative estimate of drug-likeness (QED) is 0.298. The Morgan fingerprint density at radius 1 is 1.42 bits per heavy atom. The van der Waals surface area contributed by atoms with Crippen LogP contribution >= 0.6 is 0 Å². The van der Waals surface area contributed by atoms with Crippen molar-refractivity contribution >= 4 is 19.0 Å². The molecule has 0 atom stereocenters. The first-order valence-corrected chi connectivity index (χ1v) is 8.11. The van der Waals surface area contributed by atoms with E-state index in [4.69, 9.17) is 16.1 Å². The van der Waals surface area contributed by atoms with Crippen LogP contribution in [0, 0.1) is 0 Å². The first-order chi connectivity index (χ1) is 12.4. The fraction of sp³-hybridized carbons (Fsp3) is 0.333. The Labute approximate surface area is 149 Å². The maximum Gasteiger partial charge on any atom is 0.522 e. The molecule has 0 radical (unpaired) electrons. The van der Waals surface area contributed by atoms with E-state index in [9.17, 15) is 14.9 Å². The zero-order chi connectivity index (χ0) is 18.7. The van der Waals surface area contributed by atoms with Gasteiger partial charge in [0.2, 0.25) is 0 Å². The number of aliphatic imine (C=N–C) groups is 1. The summed E-state index contributed by atoms with van der Waals surface area (Å²) in [5, 5.41) is 27.3. The number of rotatable bonds is 6. The first-order valence-electron chi connectivity index (χ1n) is 8.11. The molecule has 2 heterocycles. The molecule has 1 aromatic heterocycles. The minimum absolute atomic E-state index is 0.0136. The van der Waals surface area contributed by atoms with Crippen molar-refractivity contribution in [2.75, 3.05) is 6.54 Å². The van der Waals surface area contributed by atoms with Gasteiger partial charge in [-0.05, 0) is 23.9 Å². The van der Waals surface area contributed by atoms with Crippen molar-refractivity contribution < 1.29 is 19.6 Å². The minimum Gasteiger partial charge on any atom is -0.535 e. The molecule has 6 N–H and O–H groups in total. The largest absolute Gasteiger partial charge is 0.535 e. The van der Waals surface area contributed by atoms with Gasteiger partial charge < -0.3 is 26.3 Å². The second kappa shape index (κ2) is 7.44. The molecule has 10 nitrogen and oxygen atoms in total. The van der Waals surface area contributed by atoms with Crippen molar-refractivity contribution in [1.82, 2.24) is 15.0 Å². The summed E-state index contributed by atoms with van der Waals surface area (Å²) in [6, 6.07) is 3.56. The predicted molar refractivity (Wildman–Crippen MR) is 94.0 cm³/mol. The highest BCUT2D eigenvalue weighted by Crippen LogP contribution is 2.33. The molecule has 11 heteroatoms. The topological polar surface area (TPSA) is 162 Å². The van der Waals surface area contributed by atoms with Gasteiger partial charge >= 0.3 is 13.1 Å². The van der Waals surface area contributed by atoms with Crippen LogP contribution in [0.15, 0.2) is 23.3 Å². The Balaban J connectivity index is 1.82. The number of fused-ring (bicyclic) bond motifs is 1. The van der Waals surface area contributed by atoms with Gasteiger partial charge in [0, 0.05) is 19.2 Å². The van der Waals surface area contributed by atoms with E-state index in [1.807, 2.05) is 6.07 Å². The molecule has 0 bridgehead atoms. The summed E-state index contributed by atoms with van der Waals surface area (Å²) in [5.41, 5.74) is 12.6. The highest BCUT2D eigenvalue weighted by molar-refractivity contribution is 6.44. The Morgan fingerprint density at radius 2 is 2.23 bits per heavy atom. The van der Waals surface area contributed by atoms with Crippen LogP contribution < -0.4 is 16.1 Å². The van der Waals surface area contributed by atoms with Crippen molar-refractivity contribution in [2.45, 2.75) is 25.7 Å². The third-order valence-electron chi connectivity index (χ3n) is 4.03. The first kappa shape index (κ1) is 17.7. The Morgan fingerprint density at radius 3 is 2.96 bits per heavy atom. The van der Waals surface area contributed by atoms with E-state index in [2.05, 4.69) is 15.3 Å². The van der Waals surface area contributed by atoms with E-state index in [1.165, 1.54) is 4.68 Å². The summed E-state index contributed by atoms with van der Waals surface area (Å²) >= 11 is 0. The number of aromatic carboxylic acids is 1. The molecule has 3 rings (SSSR count). The van der Waals surface area contributed by atoms with Crippen LogP contribution in [0.25, 0.3) is 0 Å². The van der Waals surface area contributed by atoms with E-state index in [1.54, 1.807) is 12.3 Å². The van der Waals surface area contributed by atoms with Gasteiger partial charge in [0.15, 0.2) is 5.96 Å². The molecule has 0 saturated heterocycles. The number of hydrogen-bond acceptors (Lipinski definition) is 6. The SMILES string of the molecule is NC(N)=NCCc1cn(Cc2ccc3c(c2C(=O)O)OB(O)CC3)nn1. The Bertz CT molecular complexity index is 849. The lowest BCUT2D eigenvalue weighted by Gasteiger charge is -2.23. The monoisotopic (exact) mass is 358 g/mol. The van der Waals surface area contributed by atoms with Gasteiger partial charge in [0.25, 0.3) is 0 Å². The van der Waals surface area contributed by atoms with E-state index >= 15 is 0 Å². The van der Waals surface area contributed by atoms with Crippen molar-refractivity contribution in [3.8, 4) is 5.75 Å². The summed E-state index contributed by atoms with van der Waals surface area (Å²) in [4.78, 5) is 15.6. The third-order valence-corrected chi connectivity index (χ3v) is 4.03. The molecule has 0 aliphatic carbocycles. The van der Waals surface area contributed by atoms with Crippen LogP contribution in [0.3, 0.4) is 0 Å². The molecular weight excluding hydrogens is 339 g/mol. The maximum atomic E-state index is 11.8. The Kier molecular flexibility index (Phi) is 5.07. The average Bonchev–Trinajstić information content (AvgIpc) is 3.01. The van der Waals surface area contributed by atoms with Gasteiger partial charge in [0.1, 0.15) is 11.3 Å². The lowest BCUT2D eigenvalue weighted by Crippen LogP contribution is -2.28. The molecule has 26 heavy (non-hydrogen) atoms. The second-order valence-electron chi connectivity index (χ2n) is 5.97. The summed E-state index contributed by atoms with van der Waals surface area (Å²) < 4.78 is 6.91. The van der Waals surface area contributed by atoms with Crippen LogP contribution in [0.5, 0.6) is 5.75 Å². The highest BCUT2D eigenvalue weighted by atomic mass is 16.5. The summed E-state index contributed by atoms with van der Waals surface area (Å²) in [6.45, 7) is 0.607. The molecule has 0 fully saturated rings. The molecule has 2 aromatic rings. The summed E-state index contributed by atoms with van der Waals surface area (Å²) in [6.07, 6.45) is 3.23. The number of guanidine groups is 1. The summed E-state index contributed by atoms with van der Waals surface area (Å²) in [7, 11) is -0.996. The van der Waals surface area contributed by atoms with Crippen LogP contribution in [0.1, 0.15) is 27.2 Å². The third kappa shape index (κ3) is 3.94. The van der Waals surface area contributed by atoms with E-state index in [-0.39, 0.29) is 23.8 Å². The maximum absolute atomic E-state index is 11.8. The molecule has 0 amide bonds. The van der Waals surface area contributed by atoms with Gasteiger partial charge in [-0.3, -0.25) is 4.99 Å². The highest BCUT2D eigenvalue weighted by Gasteiger charge is 2.29. The predicted octanol–water partition coefficient (Wildman–Crippen LogP) is -0.744. The standard InChI is InChI=1S/C15H19BN6O4/c17-15(18)19-6-4-11-8-22(21-20-11)7-10-2-1-9-3-5-16(25)26-13(9)12(10)14(23)24/h1-2,8,25H,3-7H2,(H,23,24)(H4,17,18,19). The molecule has 0 saturated carbocycles. The van der Waals surface area contributed by atoms with Crippen molar-refractivity contribution in [2.24, 2.45) is 16.5 Å². The van der Waals surface area contributed by atoms with Gasteiger partial charge in [-0.2, -0.15) is 0 Å². The number of nitrogens with two attached hydrogens (primary N) is 2. The number of hydrogen-bond donors (Lipinski definition) is 4. The zero-order valence-electron chi connectivity index (χ0n) is 14.0. The number of benzene rings is 1. The van der Waals surface area contributed by atoms with E-state index in [0.717, 1.165) is 5.56 Å². The molecular formula is C15H19BN6O4. The lowest BCUT2D eigenvalue weighted by atomic mass is 9.78. The number of carboxylic acids is 1. The molecule has 0 unspecified atom stereocenters. The van der Waals surface area contributed by atoms with Crippen molar-refractivity contribution in [3.63, 3.8) is 0 Å². The fourth-order valence-electron chi connectivity index (χ4n) is 2.84. The number of carboxylic acid groups (broad SMARTS) is 1. The lowest BCUT2D eigenvalue weighted by molar-refractivity contribution is 0.0693. The van der Waals surface area contributed by atoms with Crippen LogP contribution in [0.2, 0.25) is 6.32 Å². The zero-order valence-corrected chi connectivity index (χ0v) is 14.0. The van der Waals surface area contributed by atoms with Crippen LogP contribution in [0.4, 0.5) is 0 Å². The van der Waals surface area contributed by atoms with E-state index < -0.39 is 13.1 Å². The van der Waals surface area contributed by atoms with Gasteiger partial charge in [-0.25, -0.2) is 9.48 Å². The van der Waals surface area contributed by atoms with Gasteiger partial charge in [0.05, 0.1) is 12.2 Å². The molecule has 1 aliphatic rings. The number of aryl methyl sites for hydroxylation is 1. The number of aromatic nitrogens is 3. The second-order valence-corrected chi connectivity index (χ2v) is 5.97. The Hall–Kier alpha value is -3.08. The normalized spacial score (nSPS) is 13.0. The molecule has 1 aliphatic heterocycles. The van der Waals surface area contributed by atoms with E-state index in [0.29, 0.717) is 37.0 Å². The van der Waals surface area contributed by atoms with Crippen LogP contribution in [-0.2, 0) is 19.4 Å². The molecule has 136 valence electrons.